The number of fused-ring (bicyclic) bond motifs is 2. The predicted molar refractivity (Wildman–Crippen MR) is 304 cm³/mol. The van der Waals surface area contributed by atoms with Crippen LogP contribution in [0.5, 0.6) is 5.75 Å². The fourth-order valence-electron chi connectivity index (χ4n) is 11.9. The number of aryl methyl sites for hydroxylation is 1. The number of ether oxygens (including phenoxy) is 1. The molecule has 13 rings (SSSR count). The average molecular weight is 1140 g/mol. The van der Waals surface area contributed by atoms with Gasteiger partial charge in [-0.1, -0.05) is 71.4 Å². The van der Waals surface area contributed by atoms with E-state index < -0.39 is 29.0 Å². The predicted octanol–water partition coefficient (Wildman–Crippen LogP) is 14.2. The number of halogens is 2. The summed E-state index contributed by atoms with van der Waals surface area (Å²) in [5.41, 5.74) is 6.95. The summed E-state index contributed by atoms with van der Waals surface area (Å²) in [6, 6.07) is 33.5. The van der Waals surface area contributed by atoms with E-state index in [0.717, 1.165) is 81.1 Å². The molecule has 5 fully saturated rings. The maximum absolute atomic E-state index is 12.9. The van der Waals surface area contributed by atoms with Crippen molar-refractivity contribution in [2.45, 2.75) is 93.1 Å². The molecule has 5 aliphatic carbocycles. The van der Waals surface area contributed by atoms with Gasteiger partial charge < -0.3 is 19.4 Å². The Hall–Kier alpha value is -6.68. The molecule has 4 heterocycles. The number of hydrogen-bond acceptors (Lipinski definition) is 13. The van der Waals surface area contributed by atoms with E-state index in [2.05, 4.69) is 17.1 Å². The first-order valence-electron chi connectivity index (χ1n) is 25.8. The summed E-state index contributed by atoms with van der Waals surface area (Å²) in [4.78, 5) is 71.7. The Morgan fingerprint density at radius 2 is 1.56 bits per heavy atom. The van der Waals surface area contributed by atoms with Crippen molar-refractivity contribution >= 4 is 104 Å². The summed E-state index contributed by atoms with van der Waals surface area (Å²) in [6.07, 6.45) is 12.5. The number of carboxylic acid groups (broad SMARTS) is 2. The van der Waals surface area contributed by atoms with E-state index in [0.29, 0.717) is 49.9 Å². The number of carboxylic acids is 2. The lowest BCUT2D eigenvalue weighted by Crippen LogP contribution is -2.49. The number of amidine groups is 1. The Kier molecular flexibility index (Phi) is 16.9. The number of carbonyl (C=O) groups excluding carboxylic acids is 2. The molecule has 1 amide bonds. The third-order valence-electron chi connectivity index (χ3n) is 15.1. The lowest BCUT2D eigenvalue weighted by Gasteiger charge is -2.57. The number of benzene rings is 4. The van der Waals surface area contributed by atoms with Crippen LogP contribution in [0.15, 0.2) is 134 Å². The lowest BCUT2D eigenvalue weighted by atomic mass is 9.49. The number of aromatic carboxylic acids is 1. The molecular formula is C59H53Cl2N5O9S3. The van der Waals surface area contributed by atoms with Gasteiger partial charge in [-0.3, -0.25) is 14.5 Å². The molecule has 4 bridgehead atoms. The number of nitrogens with zero attached hydrogens (tertiary/aromatic N) is 5. The second-order valence-corrected chi connectivity index (χ2v) is 24.4. The van der Waals surface area contributed by atoms with Gasteiger partial charge in [-0.15, -0.1) is 23.1 Å². The van der Waals surface area contributed by atoms with Crippen LogP contribution in [0.25, 0.3) is 21.5 Å². The van der Waals surface area contributed by atoms with E-state index in [-0.39, 0.29) is 29.0 Å². The summed E-state index contributed by atoms with van der Waals surface area (Å²) < 4.78 is 10.9. The van der Waals surface area contributed by atoms with E-state index in [9.17, 15) is 34.3 Å². The molecule has 19 heteroatoms. The van der Waals surface area contributed by atoms with Gasteiger partial charge in [0.1, 0.15) is 27.6 Å². The molecule has 0 spiro atoms. The van der Waals surface area contributed by atoms with Crippen LogP contribution >= 0.6 is 58.1 Å². The summed E-state index contributed by atoms with van der Waals surface area (Å²) in [6.45, 7) is 0.636. The lowest BCUT2D eigenvalue weighted by molar-refractivity contribution is -0.139. The number of carbonyl (C=O) groups is 4. The molecule has 4 aromatic carbocycles. The number of thioether (sulfide) groups is 2. The number of oxazole rings is 1. The van der Waals surface area contributed by atoms with Gasteiger partial charge in [0, 0.05) is 38.5 Å². The molecule has 1 aliphatic heterocycles. The number of nitriles is 1. The molecular weight excluding hydrogens is 1090 g/mol. The average Bonchev–Trinajstić information content (AvgIpc) is 4.20. The molecule has 7 aromatic rings. The van der Waals surface area contributed by atoms with Crippen LogP contribution in [-0.4, -0.2) is 65.6 Å². The van der Waals surface area contributed by atoms with Gasteiger partial charge in [0.05, 0.1) is 23.2 Å². The van der Waals surface area contributed by atoms with Crippen LogP contribution in [-0.2, 0) is 28.2 Å². The highest BCUT2D eigenvalue weighted by Gasteiger charge is 2.51. The maximum Gasteiger partial charge on any atom is 0.429 e. The van der Waals surface area contributed by atoms with Gasteiger partial charge >= 0.3 is 23.8 Å². The second kappa shape index (κ2) is 24.1. The molecule has 1 unspecified atom stereocenters. The Bertz CT molecular complexity index is 3470. The van der Waals surface area contributed by atoms with Crippen LogP contribution in [0, 0.1) is 34.5 Å². The summed E-state index contributed by atoms with van der Waals surface area (Å²) >= 11 is 16.2. The first-order valence-corrected chi connectivity index (χ1v) is 29.3. The fraction of sp³-hybridized carbons (Fsp3) is 0.322. The van der Waals surface area contributed by atoms with Crippen molar-refractivity contribution in [2.75, 3.05) is 6.54 Å². The summed E-state index contributed by atoms with van der Waals surface area (Å²) in [7, 11) is 0. The topological polar surface area (TPSA) is 205 Å². The minimum atomic E-state index is -0.960. The third-order valence-corrected chi connectivity index (χ3v) is 18.7. The number of para-hydroxylation sites is 1. The number of rotatable bonds is 11. The van der Waals surface area contributed by atoms with E-state index in [4.69, 9.17) is 42.4 Å². The quantitative estimate of drug-likeness (QED) is 0.116. The molecule has 2 N–H and O–H groups in total. The van der Waals surface area contributed by atoms with Crippen LogP contribution in [0.4, 0.5) is 10.5 Å². The third kappa shape index (κ3) is 12.6. The van der Waals surface area contributed by atoms with Crippen molar-refractivity contribution in [2.24, 2.45) is 28.2 Å². The van der Waals surface area contributed by atoms with Gasteiger partial charge in [-0.2, -0.15) is 9.83 Å². The number of hydrogen-bond donors (Lipinski definition) is 2. The minimum absolute atomic E-state index is 0.0283. The van der Waals surface area contributed by atoms with Gasteiger partial charge in [-0.25, -0.2) is 24.4 Å². The Morgan fingerprint density at radius 1 is 0.872 bits per heavy atom. The highest BCUT2D eigenvalue weighted by molar-refractivity contribution is 8.15. The van der Waals surface area contributed by atoms with Crippen molar-refractivity contribution in [1.82, 2.24) is 14.5 Å². The van der Waals surface area contributed by atoms with Crippen molar-refractivity contribution in [3.05, 3.63) is 163 Å². The molecule has 14 nitrogen and oxygen atoms in total. The summed E-state index contributed by atoms with van der Waals surface area (Å²) in [5, 5.41) is 32.0. The first-order chi connectivity index (χ1) is 37.7. The largest absolute Gasteiger partial charge is 0.480 e. The van der Waals surface area contributed by atoms with Crippen LogP contribution in [0.1, 0.15) is 97.0 Å². The monoisotopic (exact) mass is 1140 g/mol. The molecule has 4 saturated carbocycles. The highest BCUT2D eigenvalue weighted by Crippen LogP contribution is 2.61. The smallest absolute Gasteiger partial charge is 0.429 e. The number of amides is 1. The molecule has 1 saturated heterocycles. The van der Waals surface area contributed by atoms with Crippen molar-refractivity contribution in [1.29, 1.82) is 5.26 Å². The molecule has 400 valence electrons. The standard InChI is InChI=1S/C23H27ClN2O3S.C22H18N2O2S2.C14H8ClNO4/c24-17-1-3-18(4-2-17)25-22-26(20(27)10-19(30-22)21(28)29)6-5-23-11-14-7-15(12-23)9-16(8-14)13-23;23-12-17-20(19-6-3-11-27-19)16-4-1-2-5-18(16)24-21(17)28-13-14-7-9-15(10-8-14)22(25)26;15-9-6-7-12-11(8-9)16(14(18)20-12)13(17)19-10-4-2-1-3-5-10/h1-4,14-16,19H,5-13H2,(H,28,29);3,6-11H,1-2,4-5,13H2,(H,25,26);1-8H. The van der Waals surface area contributed by atoms with E-state index in [1.165, 1.54) is 68.0 Å². The minimum Gasteiger partial charge on any atom is -0.480 e. The normalized spacial score (nSPS) is 21.4. The van der Waals surface area contributed by atoms with E-state index in [1.54, 1.807) is 101 Å². The van der Waals surface area contributed by atoms with Crippen LogP contribution in [0.2, 0.25) is 10.0 Å². The van der Waals surface area contributed by atoms with Crippen molar-refractivity contribution in [3.63, 3.8) is 0 Å². The number of aliphatic carboxylic acids is 1. The molecule has 78 heavy (non-hydrogen) atoms. The summed E-state index contributed by atoms with van der Waals surface area (Å²) in [5.74, 6) is 0.775. The van der Waals surface area contributed by atoms with Crippen LogP contribution < -0.4 is 10.5 Å². The SMILES string of the molecule is N#Cc1c(SCc2ccc(C(=O)O)cc2)nc2c(c1-c1cccs1)CCCC2.O=C(O)C1CC(=O)N(CCC23CC4CC(CC(C4)C2)C3)C(=Nc2ccc(Cl)cc2)S1.O=C(Oc1ccccc1)n1c(=O)oc2ccc(Cl)cc21. The van der Waals surface area contributed by atoms with Gasteiger partial charge in [0.15, 0.2) is 10.8 Å². The van der Waals surface area contributed by atoms with E-state index >= 15 is 0 Å². The first kappa shape index (κ1) is 54.7. The number of thiophene rings is 1. The number of aromatic nitrogens is 2. The zero-order chi connectivity index (χ0) is 54.5. The zero-order valence-electron chi connectivity index (χ0n) is 42.1. The molecule has 6 aliphatic rings. The molecule has 3 aromatic heterocycles. The van der Waals surface area contributed by atoms with Gasteiger partial charge in [0.25, 0.3) is 0 Å². The van der Waals surface area contributed by atoms with Crippen molar-refractivity contribution in [3.8, 4) is 22.3 Å². The highest BCUT2D eigenvalue weighted by atomic mass is 35.5. The Labute approximate surface area is 472 Å². The number of pyridine rings is 1. The second-order valence-electron chi connectivity index (χ2n) is 20.4. The maximum atomic E-state index is 12.9. The van der Waals surface area contributed by atoms with Crippen LogP contribution in [0.3, 0.4) is 0 Å². The van der Waals surface area contributed by atoms with Gasteiger partial charge in [0.2, 0.25) is 5.91 Å². The molecule has 0 radical (unpaired) electrons. The fourth-order valence-corrected chi connectivity index (χ4v) is 15.1. The Morgan fingerprint density at radius 3 is 2.22 bits per heavy atom. The van der Waals surface area contributed by atoms with Gasteiger partial charge in [-0.05, 0) is 183 Å². The van der Waals surface area contributed by atoms with Crippen molar-refractivity contribution < 1.29 is 38.5 Å². The zero-order valence-corrected chi connectivity index (χ0v) is 46.1. The number of aliphatic imine (C=N–C) groups is 1. The Balaban J connectivity index is 0.000000135. The van der Waals surface area contributed by atoms with E-state index in [1.807, 2.05) is 23.6 Å². The molecule has 1 atom stereocenters.